The van der Waals surface area contributed by atoms with Crippen molar-refractivity contribution in [3.05, 3.63) is 22.0 Å². The fourth-order valence-electron chi connectivity index (χ4n) is 2.11. The van der Waals surface area contributed by atoms with Crippen LogP contribution in [0.3, 0.4) is 0 Å². The van der Waals surface area contributed by atoms with Crippen LogP contribution in [-0.2, 0) is 0 Å². The maximum absolute atomic E-state index is 2.50. The summed E-state index contributed by atoms with van der Waals surface area (Å²) in [5.41, 5.74) is 0. The van der Waals surface area contributed by atoms with Gasteiger partial charge in [-0.2, -0.15) is 0 Å². The van der Waals surface area contributed by atoms with E-state index in [0.717, 1.165) is 5.92 Å². The largest absolute Gasteiger partial charge is 0.0996 e. The van der Waals surface area contributed by atoms with Gasteiger partial charge in [0.15, 0.2) is 0 Å². The van der Waals surface area contributed by atoms with Gasteiger partial charge < -0.3 is 0 Å². The highest BCUT2D eigenvalue weighted by atomic mass is 32.2. The summed E-state index contributed by atoms with van der Waals surface area (Å²) in [6.07, 6.45) is 13.2. The number of rotatable bonds is 1. The highest BCUT2D eigenvalue weighted by Gasteiger charge is 2.15. The fraction of sp³-hybridized carbons (Fsp3) is 0.667. The standard InChI is InChI=1S/C12H18S/c1-2-11-8-10-6-4-3-5-7-12(9-10)13-11/h8-10H,2-7H2,1H3. The van der Waals surface area contributed by atoms with Gasteiger partial charge >= 0.3 is 0 Å². The van der Waals surface area contributed by atoms with Crippen LogP contribution >= 0.6 is 11.8 Å². The molecule has 13 heavy (non-hydrogen) atoms. The molecule has 1 aliphatic heterocycles. The number of hydrogen-bond donors (Lipinski definition) is 0. The smallest absolute Gasteiger partial charge is 0.00315 e. The summed E-state index contributed by atoms with van der Waals surface area (Å²) in [7, 11) is 0. The van der Waals surface area contributed by atoms with Crippen LogP contribution in [0.1, 0.15) is 45.4 Å². The second-order valence-corrected chi connectivity index (χ2v) is 5.24. The molecule has 0 aromatic rings. The van der Waals surface area contributed by atoms with E-state index in [1.807, 2.05) is 11.8 Å². The van der Waals surface area contributed by atoms with E-state index >= 15 is 0 Å². The van der Waals surface area contributed by atoms with E-state index in [9.17, 15) is 0 Å². The summed E-state index contributed by atoms with van der Waals surface area (Å²) >= 11 is 2.03. The molecule has 0 nitrogen and oxygen atoms in total. The van der Waals surface area contributed by atoms with Crippen molar-refractivity contribution in [3.8, 4) is 0 Å². The summed E-state index contributed by atoms with van der Waals surface area (Å²) < 4.78 is 0. The number of fused-ring (bicyclic) bond motifs is 1. The third-order valence-corrected chi connectivity index (χ3v) is 4.16. The highest BCUT2D eigenvalue weighted by Crippen LogP contribution is 2.39. The summed E-state index contributed by atoms with van der Waals surface area (Å²) in [6.45, 7) is 2.27. The first-order valence-electron chi connectivity index (χ1n) is 5.47. The molecule has 0 radical (unpaired) electrons. The molecule has 72 valence electrons. The molecule has 0 aromatic heterocycles. The number of hydrogen-bond acceptors (Lipinski definition) is 1. The predicted octanol–water partition coefficient (Wildman–Crippen LogP) is 4.49. The van der Waals surface area contributed by atoms with Crippen LogP contribution in [0.15, 0.2) is 22.0 Å². The minimum Gasteiger partial charge on any atom is -0.0996 e. The molecule has 0 N–H and O–H groups in total. The molecule has 0 spiro atoms. The van der Waals surface area contributed by atoms with E-state index in [-0.39, 0.29) is 0 Å². The van der Waals surface area contributed by atoms with E-state index in [1.165, 1.54) is 38.5 Å². The molecule has 1 heteroatoms. The second kappa shape index (κ2) is 4.36. The third-order valence-electron chi connectivity index (χ3n) is 2.87. The van der Waals surface area contributed by atoms with Crippen molar-refractivity contribution in [1.29, 1.82) is 0 Å². The summed E-state index contributed by atoms with van der Waals surface area (Å²) in [4.78, 5) is 3.24. The van der Waals surface area contributed by atoms with Gasteiger partial charge in [-0.25, -0.2) is 0 Å². The van der Waals surface area contributed by atoms with E-state index in [2.05, 4.69) is 19.1 Å². The zero-order valence-electron chi connectivity index (χ0n) is 8.38. The van der Waals surface area contributed by atoms with Gasteiger partial charge in [0.1, 0.15) is 0 Å². The summed E-state index contributed by atoms with van der Waals surface area (Å²) in [5.74, 6) is 0.770. The van der Waals surface area contributed by atoms with Crippen molar-refractivity contribution >= 4 is 11.8 Å². The average Bonchev–Trinajstić information content (AvgIpc) is 2.15. The minimum atomic E-state index is 0.770. The van der Waals surface area contributed by atoms with Gasteiger partial charge in [0.05, 0.1) is 0 Å². The van der Waals surface area contributed by atoms with Gasteiger partial charge in [0, 0.05) is 0 Å². The Labute approximate surface area is 85.5 Å². The van der Waals surface area contributed by atoms with Crippen molar-refractivity contribution in [2.45, 2.75) is 45.4 Å². The molecule has 0 saturated carbocycles. The zero-order valence-corrected chi connectivity index (χ0v) is 9.20. The van der Waals surface area contributed by atoms with Crippen LogP contribution < -0.4 is 0 Å². The molecule has 2 bridgehead atoms. The molecule has 0 fully saturated rings. The zero-order chi connectivity index (χ0) is 9.10. The lowest BCUT2D eigenvalue weighted by Gasteiger charge is -2.22. The van der Waals surface area contributed by atoms with Crippen molar-refractivity contribution in [2.24, 2.45) is 5.92 Å². The van der Waals surface area contributed by atoms with E-state index in [0.29, 0.717) is 0 Å². The Morgan fingerprint density at radius 2 is 2.23 bits per heavy atom. The quantitative estimate of drug-likeness (QED) is 0.592. The highest BCUT2D eigenvalue weighted by molar-refractivity contribution is 8.06. The fourth-order valence-corrected chi connectivity index (χ4v) is 3.32. The maximum Gasteiger partial charge on any atom is -0.00315 e. The lowest BCUT2D eigenvalue weighted by Crippen LogP contribution is -2.02. The van der Waals surface area contributed by atoms with Gasteiger partial charge in [0.25, 0.3) is 0 Å². The monoisotopic (exact) mass is 194 g/mol. The SMILES string of the molecule is CCC1=CC2C=C(CCCCC2)S1. The summed E-state index contributed by atoms with van der Waals surface area (Å²) in [5, 5.41) is 0. The molecule has 0 saturated heterocycles. The lowest BCUT2D eigenvalue weighted by molar-refractivity contribution is 0.577. The first-order chi connectivity index (χ1) is 6.38. The molecular weight excluding hydrogens is 176 g/mol. The number of allylic oxidation sites excluding steroid dienone is 4. The van der Waals surface area contributed by atoms with Crippen molar-refractivity contribution < 1.29 is 0 Å². The Kier molecular flexibility index (Phi) is 3.15. The minimum absolute atomic E-state index is 0.770. The Balaban J connectivity index is 2.11. The molecular formula is C12H18S. The lowest BCUT2D eigenvalue weighted by atomic mass is 9.95. The predicted molar refractivity (Wildman–Crippen MR) is 60.6 cm³/mol. The van der Waals surface area contributed by atoms with Crippen molar-refractivity contribution in [3.63, 3.8) is 0 Å². The Hall–Kier alpha value is -0.170. The molecule has 1 aliphatic carbocycles. The Bertz CT molecular complexity index is 238. The maximum atomic E-state index is 2.50. The second-order valence-electron chi connectivity index (χ2n) is 3.98. The third kappa shape index (κ3) is 2.40. The first-order valence-corrected chi connectivity index (χ1v) is 6.29. The van der Waals surface area contributed by atoms with Crippen LogP contribution in [0, 0.1) is 5.92 Å². The molecule has 1 unspecified atom stereocenters. The molecule has 2 rings (SSSR count). The average molecular weight is 194 g/mol. The van der Waals surface area contributed by atoms with E-state index in [4.69, 9.17) is 0 Å². The van der Waals surface area contributed by atoms with E-state index in [1.54, 1.807) is 9.81 Å². The normalized spacial score (nSPS) is 28.5. The molecule has 1 heterocycles. The molecule has 1 atom stereocenters. The van der Waals surface area contributed by atoms with Crippen molar-refractivity contribution in [1.82, 2.24) is 0 Å². The van der Waals surface area contributed by atoms with Crippen LogP contribution in [0.5, 0.6) is 0 Å². The summed E-state index contributed by atoms with van der Waals surface area (Å²) in [6, 6.07) is 0. The molecule has 0 amide bonds. The van der Waals surface area contributed by atoms with E-state index < -0.39 is 0 Å². The van der Waals surface area contributed by atoms with Crippen LogP contribution in [-0.4, -0.2) is 0 Å². The van der Waals surface area contributed by atoms with Gasteiger partial charge in [-0.3, -0.25) is 0 Å². The van der Waals surface area contributed by atoms with Gasteiger partial charge in [0.2, 0.25) is 0 Å². The molecule has 0 aromatic carbocycles. The van der Waals surface area contributed by atoms with Crippen molar-refractivity contribution in [2.75, 3.05) is 0 Å². The van der Waals surface area contributed by atoms with Crippen LogP contribution in [0.2, 0.25) is 0 Å². The Morgan fingerprint density at radius 1 is 1.31 bits per heavy atom. The van der Waals surface area contributed by atoms with Gasteiger partial charge in [-0.15, -0.1) is 0 Å². The van der Waals surface area contributed by atoms with Gasteiger partial charge in [-0.1, -0.05) is 43.7 Å². The Morgan fingerprint density at radius 3 is 3.08 bits per heavy atom. The first kappa shape index (κ1) is 9.39. The van der Waals surface area contributed by atoms with Crippen LogP contribution in [0.4, 0.5) is 0 Å². The van der Waals surface area contributed by atoms with Gasteiger partial charge in [-0.05, 0) is 41.4 Å². The number of thioether (sulfide) groups is 1. The van der Waals surface area contributed by atoms with Crippen LogP contribution in [0.25, 0.3) is 0 Å². The molecule has 2 aliphatic rings. The topological polar surface area (TPSA) is 0 Å².